The third-order valence-electron chi connectivity index (χ3n) is 4.51. The number of amides is 2. The van der Waals surface area contributed by atoms with Crippen molar-refractivity contribution in [3.8, 4) is 0 Å². The summed E-state index contributed by atoms with van der Waals surface area (Å²) >= 11 is 5.92. The number of benzene rings is 1. The van der Waals surface area contributed by atoms with Gasteiger partial charge in [-0.15, -0.1) is 0 Å². The Balaban J connectivity index is 1.32. The molecule has 0 radical (unpaired) electrons. The van der Waals surface area contributed by atoms with Gasteiger partial charge in [0.2, 0.25) is 0 Å². The van der Waals surface area contributed by atoms with Crippen molar-refractivity contribution in [2.45, 2.75) is 31.4 Å². The third kappa shape index (κ3) is 3.96. The summed E-state index contributed by atoms with van der Waals surface area (Å²) in [4.78, 5) is 18.5. The van der Waals surface area contributed by atoms with Crippen molar-refractivity contribution in [2.24, 2.45) is 0 Å². The van der Waals surface area contributed by atoms with Crippen LogP contribution in [-0.2, 0) is 11.3 Å². The smallest absolute Gasteiger partial charge is 0.317 e. The lowest BCUT2D eigenvalue weighted by molar-refractivity contribution is -0.0155. The average molecular weight is 362 g/mol. The fraction of sp³-hybridized carbons (Fsp3) is 0.444. The SMILES string of the molecule is O=C(NCc1cnc(C2CC2)o1)N1CCO[C@@H](c2ccc(Cl)cc2)C1. The molecular weight excluding hydrogens is 342 g/mol. The normalized spacial score (nSPS) is 20.5. The molecule has 1 aliphatic heterocycles. The molecule has 4 rings (SSSR count). The molecule has 2 aromatic rings. The molecule has 0 unspecified atom stereocenters. The van der Waals surface area contributed by atoms with E-state index in [2.05, 4.69) is 10.3 Å². The van der Waals surface area contributed by atoms with Crippen molar-refractivity contribution < 1.29 is 13.9 Å². The van der Waals surface area contributed by atoms with Gasteiger partial charge in [-0.2, -0.15) is 0 Å². The van der Waals surface area contributed by atoms with Crippen LogP contribution in [0.2, 0.25) is 5.02 Å². The minimum Gasteiger partial charge on any atom is -0.444 e. The van der Waals surface area contributed by atoms with Crippen LogP contribution in [0.25, 0.3) is 0 Å². The number of carbonyl (C=O) groups is 1. The number of carbonyl (C=O) groups excluding carboxylic acids is 1. The van der Waals surface area contributed by atoms with E-state index in [1.165, 1.54) is 0 Å². The largest absolute Gasteiger partial charge is 0.444 e. The van der Waals surface area contributed by atoms with Gasteiger partial charge in [0.05, 0.1) is 25.9 Å². The first-order chi connectivity index (χ1) is 12.2. The van der Waals surface area contributed by atoms with Gasteiger partial charge in [-0.3, -0.25) is 0 Å². The van der Waals surface area contributed by atoms with Crippen LogP contribution in [0.1, 0.15) is 42.1 Å². The molecule has 7 heteroatoms. The maximum atomic E-state index is 12.4. The Labute approximate surface area is 151 Å². The highest BCUT2D eigenvalue weighted by Gasteiger charge is 2.29. The Morgan fingerprint density at radius 1 is 1.32 bits per heavy atom. The molecule has 1 aliphatic carbocycles. The van der Waals surface area contributed by atoms with E-state index < -0.39 is 0 Å². The Hall–Kier alpha value is -2.05. The number of oxazole rings is 1. The molecule has 2 aliphatic rings. The van der Waals surface area contributed by atoms with Gasteiger partial charge in [-0.1, -0.05) is 23.7 Å². The minimum atomic E-state index is -0.136. The highest BCUT2D eigenvalue weighted by Crippen LogP contribution is 2.39. The van der Waals surface area contributed by atoms with Gasteiger partial charge in [-0.05, 0) is 30.5 Å². The Morgan fingerprint density at radius 3 is 2.88 bits per heavy atom. The summed E-state index contributed by atoms with van der Waals surface area (Å²) in [5, 5.41) is 3.59. The van der Waals surface area contributed by atoms with Crippen LogP contribution in [0.4, 0.5) is 4.79 Å². The van der Waals surface area contributed by atoms with Crippen LogP contribution >= 0.6 is 11.6 Å². The van der Waals surface area contributed by atoms with E-state index in [0.717, 1.165) is 24.3 Å². The number of urea groups is 1. The molecule has 0 spiro atoms. The zero-order chi connectivity index (χ0) is 17.2. The Bertz CT molecular complexity index is 742. The predicted octanol–water partition coefficient (Wildman–Crippen LogP) is 3.49. The van der Waals surface area contributed by atoms with Crippen molar-refractivity contribution >= 4 is 17.6 Å². The van der Waals surface area contributed by atoms with Crippen LogP contribution in [0, 0.1) is 0 Å². The van der Waals surface area contributed by atoms with E-state index >= 15 is 0 Å². The second kappa shape index (κ2) is 7.06. The molecule has 0 bridgehead atoms. The highest BCUT2D eigenvalue weighted by molar-refractivity contribution is 6.30. The first kappa shape index (κ1) is 16.4. The molecule has 1 aromatic heterocycles. The van der Waals surface area contributed by atoms with Crippen molar-refractivity contribution in [3.63, 3.8) is 0 Å². The van der Waals surface area contributed by atoms with E-state index in [-0.39, 0.29) is 12.1 Å². The monoisotopic (exact) mass is 361 g/mol. The van der Waals surface area contributed by atoms with Gasteiger partial charge in [0.15, 0.2) is 5.89 Å². The van der Waals surface area contributed by atoms with Crippen LogP contribution < -0.4 is 5.32 Å². The number of halogens is 1. The van der Waals surface area contributed by atoms with Crippen LogP contribution in [-0.4, -0.2) is 35.6 Å². The first-order valence-corrected chi connectivity index (χ1v) is 8.91. The lowest BCUT2D eigenvalue weighted by Crippen LogP contribution is -2.46. The van der Waals surface area contributed by atoms with Crippen LogP contribution in [0.3, 0.4) is 0 Å². The summed E-state index contributed by atoms with van der Waals surface area (Å²) in [6.07, 6.45) is 3.85. The molecular formula is C18H20ClN3O3. The van der Waals surface area contributed by atoms with Gasteiger partial charge in [0.1, 0.15) is 11.9 Å². The Kier molecular flexibility index (Phi) is 4.63. The van der Waals surface area contributed by atoms with E-state index in [1.54, 1.807) is 11.1 Å². The number of hydrogen-bond donors (Lipinski definition) is 1. The molecule has 132 valence electrons. The van der Waals surface area contributed by atoms with Gasteiger partial charge >= 0.3 is 6.03 Å². The van der Waals surface area contributed by atoms with Gasteiger partial charge in [0, 0.05) is 17.5 Å². The second-order valence-electron chi connectivity index (χ2n) is 6.45. The summed E-state index contributed by atoms with van der Waals surface area (Å²) in [6.45, 7) is 1.94. The molecule has 1 aromatic carbocycles. The predicted molar refractivity (Wildman–Crippen MR) is 92.4 cm³/mol. The van der Waals surface area contributed by atoms with Gasteiger partial charge < -0.3 is 19.4 Å². The molecule has 2 heterocycles. The number of nitrogens with zero attached hydrogens (tertiary/aromatic N) is 2. The van der Waals surface area contributed by atoms with Crippen molar-refractivity contribution in [1.82, 2.24) is 15.2 Å². The fourth-order valence-electron chi connectivity index (χ4n) is 2.91. The molecule has 1 atom stereocenters. The Morgan fingerprint density at radius 2 is 2.12 bits per heavy atom. The lowest BCUT2D eigenvalue weighted by atomic mass is 10.1. The van der Waals surface area contributed by atoms with Gasteiger partial charge in [-0.25, -0.2) is 9.78 Å². The molecule has 1 N–H and O–H groups in total. The topological polar surface area (TPSA) is 67.6 Å². The fourth-order valence-corrected chi connectivity index (χ4v) is 3.04. The van der Waals surface area contributed by atoms with E-state index in [0.29, 0.717) is 42.9 Å². The summed E-state index contributed by atoms with van der Waals surface area (Å²) < 4.78 is 11.5. The zero-order valence-corrected chi connectivity index (χ0v) is 14.5. The maximum absolute atomic E-state index is 12.4. The third-order valence-corrected chi connectivity index (χ3v) is 4.76. The first-order valence-electron chi connectivity index (χ1n) is 8.53. The number of nitrogens with one attached hydrogen (secondary N) is 1. The lowest BCUT2D eigenvalue weighted by Gasteiger charge is -2.33. The molecule has 25 heavy (non-hydrogen) atoms. The molecule has 2 fully saturated rings. The summed E-state index contributed by atoms with van der Waals surface area (Å²) in [5.41, 5.74) is 1.02. The average Bonchev–Trinajstić information content (AvgIpc) is 3.39. The summed E-state index contributed by atoms with van der Waals surface area (Å²) in [6, 6.07) is 7.41. The maximum Gasteiger partial charge on any atom is 0.317 e. The van der Waals surface area contributed by atoms with Crippen molar-refractivity contribution in [3.05, 3.63) is 52.7 Å². The highest BCUT2D eigenvalue weighted by atomic mass is 35.5. The van der Waals surface area contributed by atoms with E-state index in [1.807, 2.05) is 24.3 Å². The van der Waals surface area contributed by atoms with E-state index in [4.69, 9.17) is 20.8 Å². The second-order valence-corrected chi connectivity index (χ2v) is 6.89. The van der Waals surface area contributed by atoms with E-state index in [9.17, 15) is 4.79 Å². The number of rotatable bonds is 4. The van der Waals surface area contributed by atoms with Crippen LogP contribution in [0.5, 0.6) is 0 Å². The van der Waals surface area contributed by atoms with Crippen molar-refractivity contribution in [2.75, 3.05) is 19.7 Å². The standard InChI is InChI=1S/C18H20ClN3O3/c19-14-5-3-12(4-6-14)16-11-22(7-8-24-16)18(23)21-10-15-9-20-17(25-15)13-1-2-13/h3-6,9,13,16H,1-2,7-8,10-11H2,(H,21,23)/t16-/m1/s1. The summed E-state index contributed by atoms with van der Waals surface area (Å²) in [7, 11) is 0. The van der Waals surface area contributed by atoms with Crippen molar-refractivity contribution in [1.29, 1.82) is 0 Å². The number of morpholine rings is 1. The quantitative estimate of drug-likeness (QED) is 0.905. The zero-order valence-electron chi connectivity index (χ0n) is 13.8. The number of aromatic nitrogens is 1. The number of ether oxygens (including phenoxy) is 1. The molecule has 1 saturated carbocycles. The van der Waals surface area contributed by atoms with Crippen LogP contribution in [0.15, 0.2) is 34.9 Å². The molecule has 2 amide bonds. The minimum absolute atomic E-state index is 0.119. The summed E-state index contributed by atoms with van der Waals surface area (Å²) in [5.74, 6) is 1.96. The number of hydrogen-bond acceptors (Lipinski definition) is 4. The molecule has 6 nitrogen and oxygen atoms in total. The molecule has 1 saturated heterocycles. The van der Waals surface area contributed by atoms with Gasteiger partial charge in [0.25, 0.3) is 0 Å².